The van der Waals surface area contributed by atoms with Crippen LogP contribution in [0.15, 0.2) is 30.5 Å². The highest BCUT2D eigenvalue weighted by molar-refractivity contribution is 6.32. The van der Waals surface area contributed by atoms with Crippen LogP contribution in [0.3, 0.4) is 0 Å². The van der Waals surface area contributed by atoms with Gasteiger partial charge in [0.2, 0.25) is 11.2 Å². The van der Waals surface area contributed by atoms with Crippen molar-refractivity contribution in [1.29, 1.82) is 0 Å². The molecule has 1 aromatic carbocycles. The van der Waals surface area contributed by atoms with Gasteiger partial charge < -0.3 is 4.74 Å². The molecule has 0 bridgehead atoms. The quantitative estimate of drug-likeness (QED) is 0.777. The molecule has 0 amide bonds. The van der Waals surface area contributed by atoms with E-state index in [1.54, 1.807) is 0 Å². The summed E-state index contributed by atoms with van der Waals surface area (Å²) in [6.45, 7) is 0. The SMILES string of the molecule is Clc1ncc(Cl)c(OC2CCCc3ccccc32)n1. The summed E-state index contributed by atoms with van der Waals surface area (Å²) in [4.78, 5) is 7.86. The monoisotopic (exact) mass is 294 g/mol. The Morgan fingerprint density at radius 2 is 2.05 bits per heavy atom. The molecular formula is C14H12Cl2N2O. The maximum Gasteiger partial charge on any atom is 0.237 e. The number of halogens is 2. The first-order valence-electron chi connectivity index (χ1n) is 6.16. The highest BCUT2D eigenvalue weighted by Gasteiger charge is 2.22. The van der Waals surface area contributed by atoms with E-state index in [1.165, 1.54) is 17.3 Å². The van der Waals surface area contributed by atoms with Crippen LogP contribution in [0.1, 0.15) is 30.1 Å². The summed E-state index contributed by atoms with van der Waals surface area (Å²) in [5.74, 6) is 0.350. The first kappa shape index (κ1) is 12.7. The number of rotatable bonds is 2. The summed E-state index contributed by atoms with van der Waals surface area (Å²) >= 11 is 11.8. The Labute approximate surface area is 121 Å². The van der Waals surface area contributed by atoms with Gasteiger partial charge in [0, 0.05) is 0 Å². The Kier molecular flexibility index (Phi) is 3.58. The van der Waals surface area contributed by atoms with E-state index < -0.39 is 0 Å². The fraction of sp³-hybridized carbons (Fsp3) is 0.286. The topological polar surface area (TPSA) is 35.0 Å². The second kappa shape index (κ2) is 5.35. The zero-order valence-corrected chi connectivity index (χ0v) is 11.7. The second-order valence-electron chi connectivity index (χ2n) is 4.49. The Morgan fingerprint density at radius 3 is 2.95 bits per heavy atom. The average Bonchev–Trinajstić information content (AvgIpc) is 2.43. The Hall–Kier alpha value is -1.32. The number of fused-ring (bicyclic) bond motifs is 1. The maximum absolute atomic E-state index is 6.03. The van der Waals surface area contributed by atoms with Crippen molar-refractivity contribution in [2.75, 3.05) is 0 Å². The smallest absolute Gasteiger partial charge is 0.237 e. The van der Waals surface area contributed by atoms with Crippen molar-refractivity contribution in [1.82, 2.24) is 9.97 Å². The van der Waals surface area contributed by atoms with Gasteiger partial charge in [0.05, 0.1) is 6.20 Å². The molecule has 2 aromatic rings. The molecule has 0 aliphatic heterocycles. The van der Waals surface area contributed by atoms with Crippen LogP contribution in [0.2, 0.25) is 10.3 Å². The Balaban J connectivity index is 1.90. The summed E-state index contributed by atoms with van der Waals surface area (Å²) < 4.78 is 5.93. The van der Waals surface area contributed by atoms with E-state index in [9.17, 15) is 0 Å². The van der Waals surface area contributed by atoms with E-state index >= 15 is 0 Å². The molecule has 0 saturated heterocycles. The molecule has 98 valence electrons. The van der Waals surface area contributed by atoms with Gasteiger partial charge in [-0.1, -0.05) is 35.9 Å². The third kappa shape index (κ3) is 2.67. The third-order valence-electron chi connectivity index (χ3n) is 3.25. The van der Waals surface area contributed by atoms with Gasteiger partial charge in [0.25, 0.3) is 0 Å². The van der Waals surface area contributed by atoms with Crippen molar-refractivity contribution in [3.8, 4) is 5.88 Å². The van der Waals surface area contributed by atoms with E-state index in [4.69, 9.17) is 27.9 Å². The van der Waals surface area contributed by atoms with Crippen LogP contribution in [0.25, 0.3) is 0 Å². The molecular weight excluding hydrogens is 283 g/mol. The van der Waals surface area contributed by atoms with Crippen molar-refractivity contribution in [3.05, 3.63) is 51.9 Å². The van der Waals surface area contributed by atoms with E-state index in [0.29, 0.717) is 10.9 Å². The average molecular weight is 295 g/mol. The molecule has 5 heteroatoms. The Morgan fingerprint density at radius 1 is 1.21 bits per heavy atom. The summed E-state index contributed by atoms with van der Waals surface area (Å²) in [6.07, 6.45) is 4.58. The normalized spacial score (nSPS) is 17.9. The lowest BCUT2D eigenvalue weighted by Crippen LogP contribution is -2.16. The zero-order chi connectivity index (χ0) is 13.2. The lowest BCUT2D eigenvalue weighted by Gasteiger charge is -2.26. The number of nitrogens with zero attached hydrogens (tertiary/aromatic N) is 2. The van der Waals surface area contributed by atoms with Gasteiger partial charge in [-0.15, -0.1) is 0 Å². The van der Waals surface area contributed by atoms with Crippen molar-refractivity contribution < 1.29 is 4.74 Å². The summed E-state index contributed by atoms with van der Waals surface area (Å²) in [7, 11) is 0. The molecule has 1 aliphatic rings. The van der Waals surface area contributed by atoms with Crippen molar-refractivity contribution >= 4 is 23.2 Å². The first-order valence-corrected chi connectivity index (χ1v) is 6.92. The molecule has 0 radical (unpaired) electrons. The van der Waals surface area contributed by atoms with Gasteiger partial charge >= 0.3 is 0 Å². The zero-order valence-electron chi connectivity index (χ0n) is 10.1. The van der Waals surface area contributed by atoms with E-state index in [1.807, 2.05) is 6.07 Å². The number of hydrogen-bond donors (Lipinski definition) is 0. The van der Waals surface area contributed by atoms with Crippen LogP contribution in [0, 0.1) is 0 Å². The first-order chi connectivity index (χ1) is 9.24. The van der Waals surface area contributed by atoms with E-state index in [0.717, 1.165) is 19.3 Å². The molecule has 1 heterocycles. The third-order valence-corrected chi connectivity index (χ3v) is 3.69. The number of aryl methyl sites for hydroxylation is 1. The molecule has 0 fully saturated rings. The predicted octanol–water partition coefficient (Wildman–Crippen LogP) is 4.24. The van der Waals surface area contributed by atoms with Gasteiger partial charge in [-0.2, -0.15) is 4.98 Å². The van der Waals surface area contributed by atoms with E-state index in [2.05, 4.69) is 28.2 Å². The molecule has 1 atom stereocenters. The maximum atomic E-state index is 6.03. The number of aromatic nitrogens is 2. The lowest BCUT2D eigenvalue weighted by atomic mass is 9.89. The van der Waals surface area contributed by atoms with Crippen molar-refractivity contribution in [2.24, 2.45) is 0 Å². The molecule has 19 heavy (non-hydrogen) atoms. The molecule has 1 unspecified atom stereocenters. The van der Waals surface area contributed by atoms with Crippen LogP contribution < -0.4 is 4.74 Å². The van der Waals surface area contributed by atoms with Crippen LogP contribution in [-0.4, -0.2) is 9.97 Å². The van der Waals surface area contributed by atoms with Gasteiger partial charge in [-0.3, -0.25) is 0 Å². The number of hydrogen-bond acceptors (Lipinski definition) is 3. The number of benzene rings is 1. The molecule has 0 N–H and O–H groups in total. The standard InChI is InChI=1S/C14H12Cl2N2O/c15-11-8-17-14(16)18-13(11)19-12-7-3-5-9-4-1-2-6-10(9)12/h1-2,4,6,8,12H,3,5,7H2. The number of ether oxygens (including phenoxy) is 1. The minimum atomic E-state index is -0.0200. The van der Waals surface area contributed by atoms with Gasteiger partial charge in [0.15, 0.2) is 0 Å². The molecule has 1 aliphatic carbocycles. The summed E-state index contributed by atoms with van der Waals surface area (Å²) in [6, 6.07) is 8.31. The summed E-state index contributed by atoms with van der Waals surface area (Å²) in [5, 5.41) is 0.524. The second-order valence-corrected chi connectivity index (χ2v) is 5.23. The van der Waals surface area contributed by atoms with Crippen LogP contribution in [-0.2, 0) is 6.42 Å². The van der Waals surface area contributed by atoms with Crippen molar-refractivity contribution in [3.63, 3.8) is 0 Å². The molecule has 0 saturated carbocycles. The Bertz CT molecular complexity index is 604. The van der Waals surface area contributed by atoms with Crippen LogP contribution in [0.4, 0.5) is 0 Å². The fourth-order valence-electron chi connectivity index (χ4n) is 2.38. The molecule has 3 rings (SSSR count). The summed E-state index contributed by atoms with van der Waals surface area (Å²) in [5.41, 5.74) is 2.54. The van der Waals surface area contributed by atoms with Gasteiger partial charge in [0.1, 0.15) is 11.1 Å². The molecule has 3 nitrogen and oxygen atoms in total. The molecule has 0 spiro atoms. The fourth-order valence-corrected chi connectivity index (χ4v) is 2.64. The van der Waals surface area contributed by atoms with E-state index in [-0.39, 0.29) is 11.4 Å². The minimum absolute atomic E-state index is 0.0200. The highest BCUT2D eigenvalue weighted by Crippen LogP contribution is 2.35. The highest BCUT2D eigenvalue weighted by atomic mass is 35.5. The predicted molar refractivity (Wildman–Crippen MR) is 74.8 cm³/mol. The van der Waals surface area contributed by atoms with Crippen LogP contribution in [0.5, 0.6) is 5.88 Å². The lowest BCUT2D eigenvalue weighted by molar-refractivity contribution is 0.175. The molecule has 1 aromatic heterocycles. The van der Waals surface area contributed by atoms with Gasteiger partial charge in [-0.25, -0.2) is 4.98 Å². The minimum Gasteiger partial charge on any atom is -0.468 e. The largest absolute Gasteiger partial charge is 0.468 e. The van der Waals surface area contributed by atoms with Crippen molar-refractivity contribution in [2.45, 2.75) is 25.4 Å². The van der Waals surface area contributed by atoms with Gasteiger partial charge in [-0.05, 0) is 42.0 Å². The van der Waals surface area contributed by atoms with Crippen LogP contribution >= 0.6 is 23.2 Å².